The van der Waals surface area contributed by atoms with Gasteiger partial charge in [0.2, 0.25) is 0 Å². The van der Waals surface area contributed by atoms with E-state index >= 15 is 0 Å². The summed E-state index contributed by atoms with van der Waals surface area (Å²) in [6.07, 6.45) is 19.1. The molecule has 0 aromatic carbocycles. The molecule has 160 valence electrons. The van der Waals surface area contributed by atoms with E-state index in [0.717, 1.165) is 25.2 Å². The lowest BCUT2D eigenvalue weighted by Gasteiger charge is -2.50. The second-order valence-electron chi connectivity index (χ2n) is 11.5. The van der Waals surface area contributed by atoms with Gasteiger partial charge in [-0.25, -0.2) is 0 Å². The van der Waals surface area contributed by atoms with Crippen LogP contribution in [-0.2, 0) is 0 Å². The first-order chi connectivity index (χ1) is 13.7. The van der Waals surface area contributed by atoms with Crippen molar-refractivity contribution in [3.8, 4) is 0 Å². The highest BCUT2D eigenvalue weighted by atomic mass is 16.3. The Morgan fingerprint density at radius 3 is 2.52 bits per heavy atom. The largest absolute Gasteiger partial charge is 0.393 e. The summed E-state index contributed by atoms with van der Waals surface area (Å²) >= 11 is 0. The van der Waals surface area contributed by atoms with Gasteiger partial charge in [-0.05, 0) is 84.7 Å². The molecule has 1 nitrogen and oxygen atoms in total. The fourth-order valence-electron chi connectivity index (χ4n) is 6.96. The van der Waals surface area contributed by atoms with Crippen LogP contribution in [0.2, 0.25) is 0 Å². The molecule has 0 bridgehead atoms. The molecule has 0 aromatic rings. The maximum absolute atomic E-state index is 10.2. The van der Waals surface area contributed by atoms with Crippen molar-refractivity contribution in [2.45, 2.75) is 86.2 Å². The monoisotopic (exact) mass is 394 g/mol. The summed E-state index contributed by atoms with van der Waals surface area (Å²) in [7, 11) is 0. The zero-order chi connectivity index (χ0) is 21.0. The third kappa shape index (κ3) is 3.42. The van der Waals surface area contributed by atoms with Gasteiger partial charge in [0.15, 0.2) is 0 Å². The molecular weight excluding hydrogens is 352 g/mol. The molecule has 4 aliphatic carbocycles. The van der Waals surface area contributed by atoms with Gasteiger partial charge in [-0.15, -0.1) is 0 Å². The number of aliphatic hydroxyl groups is 1. The maximum atomic E-state index is 10.2. The molecule has 2 fully saturated rings. The zero-order valence-electron chi connectivity index (χ0n) is 19.5. The Morgan fingerprint density at radius 1 is 1.03 bits per heavy atom. The maximum Gasteiger partial charge on any atom is 0.0578 e. The van der Waals surface area contributed by atoms with Crippen molar-refractivity contribution in [2.75, 3.05) is 0 Å². The molecule has 0 heterocycles. The van der Waals surface area contributed by atoms with Crippen LogP contribution in [0.15, 0.2) is 47.1 Å². The summed E-state index contributed by atoms with van der Waals surface area (Å²) in [6.45, 7) is 14.5. The smallest absolute Gasteiger partial charge is 0.0578 e. The molecular formula is C28H42O. The van der Waals surface area contributed by atoms with Gasteiger partial charge in [0.25, 0.3) is 0 Å². The van der Waals surface area contributed by atoms with Gasteiger partial charge in [0, 0.05) is 5.41 Å². The summed E-state index contributed by atoms with van der Waals surface area (Å²) in [6, 6.07) is 0. The Labute approximate surface area is 179 Å². The second-order valence-corrected chi connectivity index (χ2v) is 11.5. The molecule has 4 aliphatic rings. The topological polar surface area (TPSA) is 20.2 Å². The first-order valence-corrected chi connectivity index (χ1v) is 12.2. The summed E-state index contributed by atoms with van der Waals surface area (Å²) in [5.41, 5.74) is 5.26. The van der Waals surface area contributed by atoms with Gasteiger partial charge in [0.05, 0.1) is 6.10 Å². The number of aliphatic hydroxyl groups excluding tert-OH is 1. The molecule has 0 aromatic heterocycles. The quantitative estimate of drug-likeness (QED) is 0.498. The molecule has 5 unspecified atom stereocenters. The molecule has 7 atom stereocenters. The number of hydrogen-bond acceptors (Lipinski definition) is 1. The number of fused-ring (bicyclic) bond motifs is 5. The van der Waals surface area contributed by atoms with Gasteiger partial charge in [0.1, 0.15) is 0 Å². The van der Waals surface area contributed by atoms with E-state index in [-0.39, 0.29) is 11.5 Å². The third-order valence-corrected chi connectivity index (χ3v) is 9.45. The van der Waals surface area contributed by atoms with Crippen LogP contribution in [-0.4, -0.2) is 11.2 Å². The van der Waals surface area contributed by atoms with Gasteiger partial charge >= 0.3 is 0 Å². The van der Waals surface area contributed by atoms with E-state index in [1.807, 2.05) is 0 Å². The molecule has 0 aliphatic heterocycles. The highest BCUT2D eigenvalue weighted by molar-refractivity contribution is 5.53. The number of allylic oxidation sites excluding steroid dienone is 7. The summed E-state index contributed by atoms with van der Waals surface area (Å²) in [5, 5.41) is 10.2. The van der Waals surface area contributed by atoms with Gasteiger partial charge < -0.3 is 5.11 Å². The van der Waals surface area contributed by atoms with Crippen LogP contribution in [0.3, 0.4) is 0 Å². The van der Waals surface area contributed by atoms with E-state index < -0.39 is 0 Å². The van der Waals surface area contributed by atoms with Crippen molar-refractivity contribution in [2.24, 2.45) is 40.4 Å². The van der Waals surface area contributed by atoms with Gasteiger partial charge in [-0.3, -0.25) is 0 Å². The van der Waals surface area contributed by atoms with Crippen molar-refractivity contribution in [1.29, 1.82) is 0 Å². The standard InChI is InChI=1S/C28H42O/c1-18(2)19(3)7-8-20(4)24-11-12-25-23-10-9-21-17-22(29)13-15-27(21,5)26(23)14-16-28(24,25)6/h7-10,14,18-20,22,24-25,29H,11-13,15-17H2,1-6H3/b8-7+/t19?,20?,22-,24+,25?,27?,28?/m0/s1. The van der Waals surface area contributed by atoms with Crippen LogP contribution >= 0.6 is 0 Å². The van der Waals surface area contributed by atoms with Crippen LogP contribution in [0.5, 0.6) is 0 Å². The van der Waals surface area contributed by atoms with E-state index in [9.17, 15) is 5.11 Å². The molecule has 2 saturated carbocycles. The first kappa shape index (κ1) is 21.2. The van der Waals surface area contributed by atoms with Crippen LogP contribution in [0.25, 0.3) is 0 Å². The Bertz CT molecular complexity index is 765. The molecule has 29 heavy (non-hydrogen) atoms. The molecule has 0 amide bonds. The summed E-state index contributed by atoms with van der Waals surface area (Å²) in [5.74, 6) is 3.50. The van der Waals surface area contributed by atoms with Gasteiger partial charge in [-0.2, -0.15) is 0 Å². The average molecular weight is 395 g/mol. The Kier molecular flexibility index (Phi) is 5.52. The summed E-state index contributed by atoms with van der Waals surface area (Å²) < 4.78 is 0. The Balaban J connectivity index is 1.60. The zero-order valence-corrected chi connectivity index (χ0v) is 19.5. The molecule has 0 radical (unpaired) electrons. The van der Waals surface area contributed by atoms with Crippen LogP contribution in [0.1, 0.15) is 80.1 Å². The van der Waals surface area contributed by atoms with Crippen LogP contribution in [0, 0.1) is 40.4 Å². The predicted octanol–water partition coefficient (Wildman–Crippen LogP) is 7.25. The fourth-order valence-corrected chi connectivity index (χ4v) is 6.96. The van der Waals surface area contributed by atoms with Gasteiger partial charge in [-0.1, -0.05) is 77.5 Å². The number of hydrogen-bond donors (Lipinski definition) is 1. The molecule has 0 spiro atoms. The minimum absolute atomic E-state index is 0.143. The molecule has 4 rings (SSSR count). The van der Waals surface area contributed by atoms with E-state index in [0.29, 0.717) is 29.1 Å². The first-order valence-electron chi connectivity index (χ1n) is 12.2. The predicted molar refractivity (Wildman–Crippen MR) is 123 cm³/mol. The van der Waals surface area contributed by atoms with Crippen LogP contribution < -0.4 is 0 Å². The lowest BCUT2D eigenvalue weighted by molar-refractivity contribution is 0.113. The molecule has 0 saturated heterocycles. The SMILES string of the molecule is CC(C)C(C)/C=C/C(C)[C@H]1CCC2C3=CC=C4C[C@@H](O)CCC4(C)C3=CCC21C. The van der Waals surface area contributed by atoms with Crippen molar-refractivity contribution >= 4 is 0 Å². The minimum Gasteiger partial charge on any atom is -0.393 e. The normalized spacial score (nSPS) is 41.2. The van der Waals surface area contributed by atoms with Crippen molar-refractivity contribution in [1.82, 2.24) is 0 Å². The number of rotatable bonds is 4. The average Bonchev–Trinajstić information content (AvgIpc) is 3.03. The minimum atomic E-state index is -0.143. The summed E-state index contributed by atoms with van der Waals surface area (Å²) in [4.78, 5) is 0. The van der Waals surface area contributed by atoms with Crippen LogP contribution in [0.4, 0.5) is 0 Å². The lowest BCUT2D eigenvalue weighted by atomic mass is 9.54. The highest BCUT2D eigenvalue weighted by Gasteiger charge is 2.53. The lowest BCUT2D eigenvalue weighted by Crippen LogP contribution is -2.41. The fraction of sp³-hybridized carbons (Fsp3) is 0.714. The van der Waals surface area contributed by atoms with E-state index in [4.69, 9.17) is 0 Å². The van der Waals surface area contributed by atoms with Crippen molar-refractivity contribution in [3.63, 3.8) is 0 Å². The van der Waals surface area contributed by atoms with Crippen molar-refractivity contribution < 1.29 is 5.11 Å². The third-order valence-electron chi connectivity index (χ3n) is 9.45. The Morgan fingerprint density at radius 2 is 1.79 bits per heavy atom. The van der Waals surface area contributed by atoms with Crippen molar-refractivity contribution in [3.05, 3.63) is 47.1 Å². The van der Waals surface area contributed by atoms with E-state index in [1.165, 1.54) is 24.8 Å². The highest BCUT2D eigenvalue weighted by Crippen LogP contribution is 2.63. The molecule has 1 heteroatoms. The van der Waals surface area contributed by atoms with E-state index in [1.54, 1.807) is 11.1 Å². The second kappa shape index (κ2) is 7.56. The molecule has 1 N–H and O–H groups in total. The Hall–Kier alpha value is -1.08. The van der Waals surface area contributed by atoms with E-state index in [2.05, 4.69) is 71.9 Å².